The minimum Gasteiger partial charge on any atom is -0.496 e. The van der Waals surface area contributed by atoms with E-state index in [1.807, 2.05) is 13.8 Å². The van der Waals surface area contributed by atoms with Crippen molar-refractivity contribution in [3.63, 3.8) is 0 Å². The SMILES string of the molecule is C=CCOC(=O)C(C)(C)CO[C@@H](Cn1c(=O)n(C(C)(C)C(=O)CC(C)C)c(=O)c2c(C)c(-n3nccn3)sc21)c1cc(F)ccc1OC. The molecule has 12 nitrogen and oxygen atoms in total. The van der Waals surface area contributed by atoms with Crippen molar-refractivity contribution >= 4 is 33.3 Å². The zero-order valence-corrected chi connectivity index (χ0v) is 29.4. The molecule has 3 heterocycles. The minimum absolute atomic E-state index is 0.00875. The minimum atomic E-state index is -1.52. The number of ether oxygens (including phenoxy) is 3. The van der Waals surface area contributed by atoms with Gasteiger partial charge >= 0.3 is 11.7 Å². The number of aromatic nitrogens is 5. The largest absolute Gasteiger partial charge is 0.496 e. The summed E-state index contributed by atoms with van der Waals surface area (Å²) in [7, 11) is 1.42. The van der Waals surface area contributed by atoms with Gasteiger partial charge < -0.3 is 14.2 Å². The van der Waals surface area contributed by atoms with Crippen LogP contribution in [0.4, 0.5) is 4.39 Å². The molecule has 0 aliphatic rings. The lowest BCUT2D eigenvalue weighted by Gasteiger charge is -2.29. The van der Waals surface area contributed by atoms with E-state index in [9.17, 15) is 23.6 Å². The average molecular weight is 684 g/mol. The Kier molecular flexibility index (Phi) is 10.9. The van der Waals surface area contributed by atoms with Crippen molar-refractivity contribution in [3.8, 4) is 10.8 Å². The van der Waals surface area contributed by atoms with Crippen LogP contribution in [0.5, 0.6) is 5.75 Å². The number of methoxy groups -OCH3 is 1. The fraction of sp³-hybridized carbons (Fsp3) is 0.471. The van der Waals surface area contributed by atoms with Crippen LogP contribution >= 0.6 is 11.3 Å². The first-order valence-corrected chi connectivity index (χ1v) is 16.3. The first-order valence-electron chi connectivity index (χ1n) is 15.5. The first kappa shape index (κ1) is 36.4. The standard InChI is InChI=1S/C34H42FN5O7S/c1-10-15-46-31(43)33(5,6)19-47-25(23-17-22(35)11-12-24(23)45-9)18-38-30-27(21(4)29(48-30)40-36-13-14-37-40)28(42)39(32(38)44)34(7,8)26(41)16-20(2)3/h10-14,17,20,25H,1,15-16,18-19H2,2-9H3/t25-/m0/s1. The second-order valence-corrected chi connectivity index (χ2v) is 14.1. The molecular weight excluding hydrogens is 641 g/mol. The molecule has 1 atom stereocenters. The number of aryl methyl sites for hydroxylation is 1. The topological polar surface area (TPSA) is 137 Å². The van der Waals surface area contributed by atoms with Crippen molar-refractivity contribution in [3.05, 3.63) is 81.0 Å². The van der Waals surface area contributed by atoms with Crippen molar-refractivity contribution in [1.82, 2.24) is 24.1 Å². The fourth-order valence-electron chi connectivity index (χ4n) is 5.31. The number of benzene rings is 1. The highest BCUT2D eigenvalue weighted by Crippen LogP contribution is 2.35. The molecule has 0 unspecified atom stereocenters. The van der Waals surface area contributed by atoms with Crippen molar-refractivity contribution in [2.75, 3.05) is 20.3 Å². The lowest BCUT2D eigenvalue weighted by Crippen LogP contribution is -2.53. The van der Waals surface area contributed by atoms with E-state index >= 15 is 0 Å². The first-order chi connectivity index (χ1) is 22.5. The van der Waals surface area contributed by atoms with Gasteiger partial charge in [0.25, 0.3) is 5.56 Å². The number of Topliss-reactive ketones (excluding diaryl/α,β-unsaturated/α-hetero) is 1. The number of halogens is 1. The van der Waals surface area contributed by atoms with Crippen LogP contribution in [0.2, 0.25) is 0 Å². The predicted molar refractivity (Wildman–Crippen MR) is 180 cm³/mol. The number of thiophene rings is 1. The summed E-state index contributed by atoms with van der Waals surface area (Å²) >= 11 is 1.12. The number of esters is 1. The van der Waals surface area contributed by atoms with Gasteiger partial charge in [-0.3, -0.25) is 19.0 Å². The van der Waals surface area contributed by atoms with Gasteiger partial charge in [0.05, 0.1) is 43.5 Å². The van der Waals surface area contributed by atoms with Gasteiger partial charge in [-0.25, -0.2) is 13.8 Å². The average Bonchev–Trinajstić information content (AvgIpc) is 3.67. The highest BCUT2D eigenvalue weighted by Gasteiger charge is 2.37. The molecule has 14 heteroatoms. The van der Waals surface area contributed by atoms with Crippen LogP contribution in [0.25, 0.3) is 15.2 Å². The molecule has 48 heavy (non-hydrogen) atoms. The zero-order chi connectivity index (χ0) is 35.6. The maximum atomic E-state index is 14.8. The lowest BCUT2D eigenvalue weighted by molar-refractivity contribution is -0.157. The Bertz CT molecular complexity index is 1940. The van der Waals surface area contributed by atoms with Gasteiger partial charge in [0, 0.05) is 17.5 Å². The Morgan fingerprint density at radius 2 is 1.79 bits per heavy atom. The van der Waals surface area contributed by atoms with Crippen molar-refractivity contribution in [1.29, 1.82) is 0 Å². The highest BCUT2D eigenvalue weighted by molar-refractivity contribution is 7.21. The Morgan fingerprint density at radius 1 is 1.12 bits per heavy atom. The molecule has 258 valence electrons. The number of fused-ring (bicyclic) bond motifs is 1. The molecule has 0 bridgehead atoms. The van der Waals surface area contributed by atoms with Gasteiger partial charge in [0.1, 0.15) is 39.6 Å². The molecule has 0 aliphatic carbocycles. The molecule has 0 radical (unpaired) electrons. The third kappa shape index (κ3) is 7.19. The maximum absolute atomic E-state index is 14.8. The molecule has 0 spiro atoms. The summed E-state index contributed by atoms with van der Waals surface area (Å²) in [6.45, 7) is 15.0. The number of ketones is 1. The third-order valence-electron chi connectivity index (χ3n) is 8.04. The smallest absolute Gasteiger partial charge is 0.333 e. The molecule has 3 aromatic heterocycles. The maximum Gasteiger partial charge on any atom is 0.333 e. The molecule has 0 fully saturated rings. The van der Waals surface area contributed by atoms with E-state index in [0.717, 1.165) is 15.9 Å². The summed E-state index contributed by atoms with van der Waals surface area (Å²) in [5.74, 6) is -1.15. The Morgan fingerprint density at radius 3 is 2.40 bits per heavy atom. The van der Waals surface area contributed by atoms with Crippen molar-refractivity contribution in [2.24, 2.45) is 11.3 Å². The van der Waals surface area contributed by atoms with Gasteiger partial charge in [-0.05, 0) is 58.7 Å². The molecular formula is C34H42FN5O7S. The van der Waals surface area contributed by atoms with E-state index in [0.29, 0.717) is 10.6 Å². The molecule has 4 rings (SSSR count). The van der Waals surface area contributed by atoms with Gasteiger partial charge in [0.2, 0.25) is 0 Å². The van der Waals surface area contributed by atoms with Crippen LogP contribution < -0.4 is 16.0 Å². The van der Waals surface area contributed by atoms with Crippen molar-refractivity contribution in [2.45, 2.75) is 73.1 Å². The number of rotatable bonds is 15. The quantitative estimate of drug-likeness (QED) is 0.123. The van der Waals surface area contributed by atoms with E-state index in [2.05, 4.69) is 16.8 Å². The molecule has 0 N–H and O–H groups in total. The molecule has 0 amide bonds. The number of nitrogens with zero attached hydrogens (tertiary/aromatic N) is 5. The number of carbonyl (C=O) groups excluding carboxylic acids is 2. The number of carbonyl (C=O) groups is 2. The van der Waals surface area contributed by atoms with Gasteiger partial charge in [-0.15, -0.1) is 4.80 Å². The summed E-state index contributed by atoms with van der Waals surface area (Å²) in [4.78, 5) is 56.9. The summed E-state index contributed by atoms with van der Waals surface area (Å²) < 4.78 is 34.3. The van der Waals surface area contributed by atoms with Crippen LogP contribution in [0.1, 0.15) is 65.2 Å². The second-order valence-electron chi connectivity index (χ2n) is 13.1. The molecule has 1 aromatic carbocycles. The normalized spacial score (nSPS) is 12.8. The van der Waals surface area contributed by atoms with Crippen LogP contribution in [-0.4, -0.2) is 56.2 Å². The highest BCUT2D eigenvalue weighted by atomic mass is 32.1. The summed E-state index contributed by atoms with van der Waals surface area (Å²) in [5, 5.41) is 9.15. The molecule has 0 saturated heterocycles. The van der Waals surface area contributed by atoms with Gasteiger partial charge in [0.15, 0.2) is 5.78 Å². The number of hydrogen-bond acceptors (Lipinski definition) is 10. The van der Waals surface area contributed by atoms with Crippen LogP contribution in [0, 0.1) is 24.1 Å². The van der Waals surface area contributed by atoms with Gasteiger partial charge in [-0.1, -0.05) is 37.8 Å². The van der Waals surface area contributed by atoms with Crippen LogP contribution in [0.3, 0.4) is 0 Å². The monoisotopic (exact) mass is 683 g/mol. The van der Waals surface area contributed by atoms with E-state index in [4.69, 9.17) is 14.2 Å². The Hall–Kier alpha value is -4.43. The molecule has 0 saturated carbocycles. The summed E-state index contributed by atoms with van der Waals surface area (Å²) in [6, 6.07) is 3.91. The van der Waals surface area contributed by atoms with Gasteiger partial charge in [-0.2, -0.15) is 10.2 Å². The molecule has 4 aromatic rings. The van der Waals surface area contributed by atoms with E-state index in [1.54, 1.807) is 34.6 Å². The number of hydrogen-bond donors (Lipinski definition) is 0. The predicted octanol–water partition coefficient (Wildman–Crippen LogP) is 5.13. The summed E-state index contributed by atoms with van der Waals surface area (Å²) in [6.07, 6.45) is 3.50. The Balaban J connectivity index is 1.99. The molecule has 0 aliphatic heterocycles. The lowest BCUT2D eigenvalue weighted by atomic mass is 9.91. The summed E-state index contributed by atoms with van der Waals surface area (Å²) in [5.41, 5.74) is -3.28. The van der Waals surface area contributed by atoms with E-state index in [1.165, 1.54) is 53.1 Å². The zero-order valence-electron chi connectivity index (χ0n) is 28.5. The third-order valence-corrected chi connectivity index (χ3v) is 9.32. The van der Waals surface area contributed by atoms with Crippen LogP contribution in [0.15, 0.2) is 52.8 Å². The van der Waals surface area contributed by atoms with Crippen molar-refractivity contribution < 1.29 is 28.2 Å². The second kappa shape index (κ2) is 14.4. The fourth-order valence-corrected chi connectivity index (χ4v) is 6.53. The van der Waals surface area contributed by atoms with E-state index < -0.39 is 40.1 Å². The van der Waals surface area contributed by atoms with E-state index in [-0.39, 0.29) is 59.4 Å². The van der Waals surface area contributed by atoms with Crippen LogP contribution in [-0.2, 0) is 31.1 Å². The Labute approximate surface area is 281 Å².